The van der Waals surface area contributed by atoms with Gasteiger partial charge < -0.3 is 14.8 Å². The highest BCUT2D eigenvalue weighted by molar-refractivity contribution is 4.62. The average molecular weight is 173 g/mol. The summed E-state index contributed by atoms with van der Waals surface area (Å²) in [6, 6.07) is 0. The second kappa shape index (κ2) is 6.40. The van der Waals surface area contributed by atoms with E-state index in [1.807, 2.05) is 0 Å². The standard InChI is InChI=1S/C9H19NO2/c1-2-10-5-7-12-9-4-3-6-11-8-9/h9-10H,2-8H2,1H3. The van der Waals surface area contributed by atoms with Gasteiger partial charge in [0, 0.05) is 13.2 Å². The van der Waals surface area contributed by atoms with E-state index < -0.39 is 0 Å². The number of rotatable bonds is 5. The second-order valence-corrected chi connectivity index (χ2v) is 3.06. The summed E-state index contributed by atoms with van der Waals surface area (Å²) in [5.41, 5.74) is 0. The van der Waals surface area contributed by atoms with Crippen LogP contribution in [0.4, 0.5) is 0 Å². The van der Waals surface area contributed by atoms with Crippen molar-refractivity contribution in [3.63, 3.8) is 0 Å². The first-order valence-electron chi connectivity index (χ1n) is 4.83. The molecular weight excluding hydrogens is 154 g/mol. The molecule has 3 heteroatoms. The third-order valence-electron chi connectivity index (χ3n) is 2.00. The smallest absolute Gasteiger partial charge is 0.0810 e. The number of nitrogens with one attached hydrogen (secondary N) is 1. The molecule has 1 unspecified atom stereocenters. The van der Waals surface area contributed by atoms with Gasteiger partial charge in [0.05, 0.1) is 19.3 Å². The van der Waals surface area contributed by atoms with E-state index >= 15 is 0 Å². The SMILES string of the molecule is CCNCCOC1CCCOC1. The number of hydrogen-bond acceptors (Lipinski definition) is 3. The summed E-state index contributed by atoms with van der Waals surface area (Å²) in [5.74, 6) is 0. The Morgan fingerprint density at radius 1 is 1.58 bits per heavy atom. The summed E-state index contributed by atoms with van der Waals surface area (Å²) in [6.07, 6.45) is 2.65. The summed E-state index contributed by atoms with van der Waals surface area (Å²) in [7, 11) is 0. The third-order valence-corrected chi connectivity index (χ3v) is 2.00. The van der Waals surface area contributed by atoms with Gasteiger partial charge in [-0.1, -0.05) is 6.92 Å². The number of hydrogen-bond donors (Lipinski definition) is 1. The average Bonchev–Trinajstić information content (AvgIpc) is 2.14. The highest BCUT2D eigenvalue weighted by Gasteiger charge is 2.13. The van der Waals surface area contributed by atoms with Gasteiger partial charge in [0.2, 0.25) is 0 Å². The lowest BCUT2D eigenvalue weighted by Gasteiger charge is -2.22. The van der Waals surface area contributed by atoms with Crippen LogP contribution in [0.1, 0.15) is 19.8 Å². The molecule has 0 aromatic carbocycles. The van der Waals surface area contributed by atoms with E-state index in [-0.39, 0.29) is 0 Å². The highest BCUT2D eigenvalue weighted by Crippen LogP contribution is 2.08. The molecule has 0 bridgehead atoms. The van der Waals surface area contributed by atoms with E-state index in [0.717, 1.165) is 45.8 Å². The molecule has 0 radical (unpaired) electrons. The van der Waals surface area contributed by atoms with E-state index in [2.05, 4.69) is 12.2 Å². The van der Waals surface area contributed by atoms with Crippen molar-refractivity contribution in [2.24, 2.45) is 0 Å². The Morgan fingerprint density at radius 3 is 3.17 bits per heavy atom. The molecule has 0 amide bonds. The molecule has 0 spiro atoms. The van der Waals surface area contributed by atoms with Crippen LogP contribution in [0.3, 0.4) is 0 Å². The predicted molar refractivity (Wildman–Crippen MR) is 48.3 cm³/mol. The molecule has 0 saturated carbocycles. The van der Waals surface area contributed by atoms with Gasteiger partial charge in [0.25, 0.3) is 0 Å². The number of ether oxygens (including phenoxy) is 2. The normalized spacial score (nSPS) is 24.2. The zero-order valence-electron chi connectivity index (χ0n) is 7.84. The van der Waals surface area contributed by atoms with E-state index in [0.29, 0.717) is 6.10 Å². The minimum Gasteiger partial charge on any atom is -0.379 e. The van der Waals surface area contributed by atoms with Gasteiger partial charge in [-0.2, -0.15) is 0 Å². The van der Waals surface area contributed by atoms with Gasteiger partial charge in [-0.3, -0.25) is 0 Å². The Hall–Kier alpha value is -0.120. The maximum Gasteiger partial charge on any atom is 0.0810 e. The predicted octanol–water partition coefficient (Wildman–Crippen LogP) is 0.791. The summed E-state index contributed by atoms with van der Waals surface area (Å²) < 4.78 is 10.9. The van der Waals surface area contributed by atoms with Crippen LogP contribution in [0.25, 0.3) is 0 Å². The summed E-state index contributed by atoms with van der Waals surface area (Å²) in [5, 5.41) is 3.22. The molecule has 1 atom stereocenters. The molecule has 1 heterocycles. The zero-order valence-corrected chi connectivity index (χ0v) is 7.84. The molecule has 1 N–H and O–H groups in total. The van der Waals surface area contributed by atoms with Crippen LogP contribution >= 0.6 is 0 Å². The molecule has 1 aliphatic rings. The molecule has 1 saturated heterocycles. The van der Waals surface area contributed by atoms with Gasteiger partial charge in [0.15, 0.2) is 0 Å². The van der Waals surface area contributed by atoms with E-state index in [1.165, 1.54) is 0 Å². The van der Waals surface area contributed by atoms with Crippen molar-refractivity contribution in [2.75, 3.05) is 32.9 Å². The highest BCUT2D eigenvalue weighted by atomic mass is 16.5. The van der Waals surface area contributed by atoms with Crippen molar-refractivity contribution in [3.05, 3.63) is 0 Å². The van der Waals surface area contributed by atoms with Crippen molar-refractivity contribution in [1.29, 1.82) is 0 Å². The minimum absolute atomic E-state index is 0.345. The number of likely N-dealkylation sites (N-methyl/N-ethyl adjacent to an activating group) is 1. The largest absolute Gasteiger partial charge is 0.379 e. The molecule has 0 aliphatic carbocycles. The Labute approximate surface area is 74.4 Å². The first kappa shape index (κ1) is 9.96. The van der Waals surface area contributed by atoms with Gasteiger partial charge in [-0.25, -0.2) is 0 Å². The second-order valence-electron chi connectivity index (χ2n) is 3.06. The molecule has 12 heavy (non-hydrogen) atoms. The van der Waals surface area contributed by atoms with Crippen molar-refractivity contribution in [1.82, 2.24) is 5.32 Å². The fraction of sp³-hybridized carbons (Fsp3) is 1.00. The van der Waals surface area contributed by atoms with Crippen molar-refractivity contribution in [2.45, 2.75) is 25.9 Å². The molecule has 1 aliphatic heterocycles. The van der Waals surface area contributed by atoms with E-state index in [1.54, 1.807) is 0 Å². The van der Waals surface area contributed by atoms with Gasteiger partial charge in [0.1, 0.15) is 0 Å². The topological polar surface area (TPSA) is 30.5 Å². The van der Waals surface area contributed by atoms with Gasteiger partial charge in [-0.05, 0) is 19.4 Å². The van der Waals surface area contributed by atoms with Crippen molar-refractivity contribution in [3.8, 4) is 0 Å². The quantitative estimate of drug-likeness (QED) is 0.624. The van der Waals surface area contributed by atoms with Crippen LogP contribution < -0.4 is 5.32 Å². The Kier molecular flexibility index (Phi) is 5.32. The Bertz CT molecular complexity index is 103. The van der Waals surface area contributed by atoms with Crippen LogP contribution in [0.15, 0.2) is 0 Å². The van der Waals surface area contributed by atoms with Crippen molar-refractivity contribution >= 4 is 0 Å². The summed E-state index contributed by atoms with van der Waals surface area (Å²) >= 11 is 0. The van der Waals surface area contributed by atoms with Crippen LogP contribution in [0.5, 0.6) is 0 Å². The van der Waals surface area contributed by atoms with Crippen LogP contribution in [-0.4, -0.2) is 39.0 Å². The van der Waals surface area contributed by atoms with E-state index in [4.69, 9.17) is 9.47 Å². The first-order valence-corrected chi connectivity index (χ1v) is 4.83. The van der Waals surface area contributed by atoms with E-state index in [9.17, 15) is 0 Å². The first-order chi connectivity index (χ1) is 5.93. The molecule has 1 rings (SSSR count). The Balaban J connectivity index is 1.91. The molecule has 0 aromatic heterocycles. The molecule has 72 valence electrons. The van der Waals surface area contributed by atoms with Crippen LogP contribution in [0.2, 0.25) is 0 Å². The molecule has 0 aromatic rings. The van der Waals surface area contributed by atoms with Crippen LogP contribution in [-0.2, 0) is 9.47 Å². The molecule has 3 nitrogen and oxygen atoms in total. The third kappa shape index (κ3) is 4.04. The molecular formula is C9H19NO2. The fourth-order valence-electron chi connectivity index (χ4n) is 1.32. The summed E-state index contributed by atoms with van der Waals surface area (Å²) in [6.45, 7) is 6.57. The van der Waals surface area contributed by atoms with Gasteiger partial charge in [-0.15, -0.1) is 0 Å². The maximum absolute atomic E-state index is 5.60. The Morgan fingerprint density at radius 2 is 2.50 bits per heavy atom. The van der Waals surface area contributed by atoms with Crippen LogP contribution in [0, 0.1) is 0 Å². The van der Waals surface area contributed by atoms with Crippen molar-refractivity contribution < 1.29 is 9.47 Å². The molecule has 1 fully saturated rings. The lowest BCUT2D eigenvalue weighted by atomic mass is 10.2. The lowest BCUT2D eigenvalue weighted by Crippen LogP contribution is -2.29. The lowest BCUT2D eigenvalue weighted by molar-refractivity contribution is -0.0485. The monoisotopic (exact) mass is 173 g/mol. The zero-order chi connectivity index (χ0) is 8.65. The fourth-order valence-corrected chi connectivity index (χ4v) is 1.32. The van der Waals surface area contributed by atoms with Gasteiger partial charge >= 0.3 is 0 Å². The maximum atomic E-state index is 5.60. The minimum atomic E-state index is 0.345. The summed E-state index contributed by atoms with van der Waals surface area (Å²) in [4.78, 5) is 0.